The van der Waals surface area contributed by atoms with Crippen LogP contribution in [0.25, 0.3) is 0 Å². The van der Waals surface area contributed by atoms with E-state index < -0.39 is 4.92 Å². The smallest absolute Gasteiger partial charge is 0.269 e. The fraction of sp³-hybridized carbons (Fsp3) is 0.333. The quantitative estimate of drug-likeness (QED) is 0.465. The van der Waals surface area contributed by atoms with Crippen LogP contribution in [0.15, 0.2) is 24.3 Å². The van der Waals surface area contributed by atoms with Crippen molar-refractivity contribution in [3.05, 3.63) is 39.9 Å². The number of nitro benzene ring substituents is 1. The van der Waals surface area contributed by atoms with E-state index in [-0.39, 0.29) is 11.7 Å². The lowest BCUT2D eigenvalue weighted by atomic mass is 10.1. The SMILES string of the molecule is C#CC(C)NCCc1ccc([N+](=O)[O-])cc1. The topological polar surface area (TPSA) is 55.2 Å². The Balaban J connectivity index is 2.44. The molecule has 1 unspecified atom stereocenters. The Labute approximate surface area is 94.8 Å². The van der Waals surface area contributed by atoms with Crippen molar-refractivity contribution < 1.29 is 4.92 Å². The minimum absolute atomic E-state index is 0.0537. The molecule has 0 saturated heterocycles. The highest BCUT2D eigenvalue weighted by molar-refractivity contribution is 5.32. The molecule has 0 aromatic heterocycles. The zero-order valence-electron chi connectivity index (χ0n) is 9.14. The van der Waals surface area contributed by atoms with E-state index in [1.807, 2.05) is 6.92 Å². The van der Waals surface area contributed by atoms with Gasteiger partial charge in [-0.15, -0.1) is 6.42 Å². The number of terminal acetylenes is 1. The molecular formula is C12H14N2O2. The van der Waals surface area contributed by atoms with Gasteiger partial charge in [0, 0.05) is 18.7 Å². The summed E-state index contributed by atoms with van der Waals surface area (Å²) in [5, 5.41) is 13.6. The monoisotopic (exact) mass is 218 g/mol. The number of nitrogens with zero attached hydrogens (tertiary/aromatic N) is 1. The minimum Gasteiger partial charge on any atom is -0.304 e. The highest BCUT2D eigenvalue weighted by Crippen LogP contribution is 2.11. The summed E-state index contributed by atoms with van der Waals surface area (Å²) in [5.41, 5.74) is 1.18. The summed E-state index contributed by atoms with van der Waals surface area (Å²) in [7, 11) is 0. The van der Waals surface area contributed by atoms with Crippen LogP contribution in [0.2, 0.25) is 0 Å². The summed E-state index contributed by atoms with van der Waals surface area (Å²) < 4.78 is 0. The normalized spacial score (nSPS) is 11.8. The lowest BCUT2D eigenvalue weighted by molar-refractivity contribution is -0.384. The van der Waals surface area contributed by atoms with Gasteiger partial charge in [0.15, 0.2) is 0 Å². The Bertz CT molecular complexity index is 392. The van der Waals surface area contributed by atoms with Crippen molar-refractivity contribution in [1.82, 2.24) is 5.32 Å². The number of nitrogens with one attached hydrogen (secondary N) is 1. The van der Waals surface area contributed by atoms with Gasteiger partial charge in [0.1, 0.15) is 0 Å². The number of benzene rings is 1. The first kappa shape index (κ1) is 12.2. The molecule has 0 radical (unpaired) electrons. The highest BCUT2D eigenvalue weighted by atomic mass is 16.6. The van der Waals surface area contributed by atoms with Crippen molar-refractivity contribution in [2.24, 2.45) is 0 Å². The van der Waals surface area contributed by atoms with Crippen molar-refractivity contribution in [1.29, 1.82) is 0 Å². The molecular weight excluding hydrogens is 204 g/mol. The minimum atomic E-state index is -0.400. The molecule has 0 amide bonds. The average Bonchev–Trinajstić information content (AvgIpc) is 2.29. The molecule has 0 fully saturated rings. The fourth-order valence-electron chi connectivity index (χ4n) is 1.28. The second-order valence-electron chi connectivity index (χ2n) is 3.52. The maximum Gasteiger partial charge on any atom is 0.269 e. The molecule has 84 valence electrons. The second kappa shape index (κ2) is 5.89. The van der Waals surface area contributed by atoms with Crippen LogP contribution in [0.3, 0.4) is 0 Å². The molecule has 0 spiro atoms. The van der Waals surface area contributed by atoms with E-state index in [1.165, 1.54) is 12.1 Å². The Kier molecular flexibility index (Phi) is 4.49. The van der Waals surface area contributed by atoms with E-state index >= 15 is 0 Å². The Morgan fingerprint density at radius 1 is 1.50 bits per heavy atom. The van der Waals surface area contributed by atoms with Gasteiger partial charge < -0.3 is 5.32 Å². The van der Waals surface area contributed by atoms with Gasteiger partial charge in [-0.2, -0.15) is 0 Å². The standard InChI is InChI=1S/C12H14N2O2/c1-3-10(2)13-9-8-11-4-6-12(7-5-11)14(15)16/h1,4-7,10,13H,8-9H2,2H3. The fourth-order valence-corrected chi connectivity index (χ4v) is 1.28. The zero-order valence-corrected chi connectivity index (χ0v) is 9.14. The lowest BCUT2D eigenvalue weighted by Crippen LogP contribution is -2.26. The number of nitro groups is 1. The van der Waals surface area contributed by atoms with Crippen LogP contribution in [0.5, 0.6) is 0 Å². The van der Waals surface area contributed by atoms with E-state index in [2.05, 4.69) is 11.2 Å². The molecule has 1 aromatic carbocycles. The summed E-state index contributed by atoms with van der Waals surface area (Å²) in [6, 6.07) is 6.61. The summed E-state index contributed by atoms with van der Waals surface area (Å²) in [6.45, 7) is 2.68. The van der Waals surface area contributed by atoms with Crippen molar-refractivity contribution in [2.45, 2.75) is 19.4 Å². The number of hydrogen-bond acceptors (Lipinski definition) is 3. The summed E-state index contributed by atoms with van der Waals surface area (Å²) in [4.78, 5) is 10.0. The Morgan fingerprint density at radius 3 is 2.62 bits per heavy atom. The van der Waals surface area contributed by atoms with E-state index in [1.54, 1.807) is 12.1 Å². The van der Waals surface area contributed by atoms with E-state index in [9.17, 15) is 10.1 Å². The van der Waals surface area contributed by atoms with Gasteiger partial charge in [-0.25, -0.2) is 0 Å². The first-order valence-electron chi connectivity index (χ1n) is 5.06. The molecule has 0 aliphatic carbocycles. The first-order chi connectivity index (χ1) is 7.63. The van der Waals surface area contributed by atoms with Gasteiger partial charge in [0.05, 0.1) is 11.0 Å². The molecule has 4 heteroatoms. The van der Waals surface area contributed by atoms with Gasteiger partial charge in [-0.05, 0) is 18.9 Å². The first-order valence-corrected chi connectivity index (χ1v) is 5.06. The summed E-state index contributed by atoms with van der Waals surface area (Å²) in [6.07, 6.45) is 6.03. The Hall–Kier alpha value is -1.86. The van der Waals surface area contributed by atoms with Crippen molar-refractivity contribution in [3.63, 3.8) is 0 Å². The third-order valence-corrected chi connectivity index (χ3v) is 2.26. The van der Waals surface area contributed by atoms with Crippen LogP contribution in [-0.2, 0) is 6.42 Å². The molecule has 0 aliphatic heterocycles. The molecule has 0 bridgehead atoms. The third kappa shape index (κ3) is 3.71. The summed E-state index contributed by atoms with van der Waals surface area (Å²) in [5.74, 6) is 2.57. The number of hydrogen-bond donors (Lipinski definition) is 1. The summed E-state index contributed by atoms with van der Waals surface area (Å²) >= 11 is 0. The molecule has 1 N–H and O–H groups in total. The van der Waals surface area contributed by atoms with Crippen LogP contribution in [-0.4, -0.2) is 17.5 Å². The van der Waals surface area contributed by atoms with E-state index in [0.29, 0.717) is 0 Å². The molecule has 4 nitrogen and oxygen atoms in total. The number of rotatable bonds is 5. The number of non-ortho nitro benzene ring substituents is 1. The van der Waals surface area contributed by atoms with E-state index in [4.69, 9.17) is 6.42 Å². The van der Waals surface area contributed by atoms with Gasteiger partial charge in [0.2, 0.25) is 0 Å². The molecule has 0 aliphatic rings. The van der Waals surface area contributed by atoms with Crippen LogP contribution < -0.4 is 5.32 Å². The van der Waals surface area contributed by atoms with Gasteiger partial charge in [0.25, 0.3) is 5.69 Å². The predicted octanol–water partition coefficient (Wildman–Crippen LogP) is 1.75. The van der Waals surface area contributed by atoms with Gasteiger partial charge >= 0.3 is 0 Å². The third-order valence-electron chi connectivity index (χ3n) is 2.26. The molecule has 0 heterocycles. The molecule has 1 rings (SSSR count). The van der Waals surface area contributed by atoms with Crippen molar-refractivity contribution in [3.8, 4) is 12.3 Å². The molecule has 1 atom stereocenters. The van der Waals surface area contributed by atoms with Crippen LogP contribution in [0, 0.1) is 22.5 Å². The second-order valence-corrected chi connectivity index (χ2v) is 3.52. The van der Waals surface area contributed by atoms with Gasteiger partial charge in [-0.1, -0.05) is 18.1 Å². The maximum absolute atomic E-state index is 10.4. The van der Waals surface area contributed by atoms with Crippen LogP contribution >= 0.6 is 0 Å². The molecule has 1 aromatic rings. The zero-order chi connectivity index (χ0) is 12.0. The van der Waals surface area contributed by atoms with Gasteiger partial charge in [-0.3, -0.25) is 10.1 Å². The Morgan fingerprint density at radius 2 is 2.12 bits per heavy atom. The lowest BCUT2D eigenvalue weighted by Gasteiger charge is -2.06. The van der Waals surface area contributed by atoms with Crippen LogP contribution in [0.1, 0.15) is 12.5 Å². The largest absolute Gasteiger partial charge is 0.304 e. The predicted molar refractivity (Wildman–Crippen MR) is 63.1 cm³/mol. The van der Waals surface area contributed by atoms with Crippen molar-refractivity contribution in [2.75, 3.05) is 6.54 Å². The highest BCUT2D eigenvalue weighted by Gasteiger charge is 2.03. The molecule has 16 heavy (non-hydrogen) atoms. The van der Waals surface area contributed by atoms with Crippen molar-refractivity contribution >= 4 is 5.69 Å². The maximum atomic E-state index is 10.4. The molecule has 0 saturated carbocycles. The van der Waals surface area contributed by atoms with E-state index in [0.717, 1.165) is 18.5 Å². The van der Waals surface area contributed by atoms with Crippen LogP contribution in [0.4, 0.5) is 5.69 Å². The average molecular weight is 218 g/mol.